The van der Waals surface area contributed by atoms with Crippen LogP contribution in [-0.4, -0.2) is 5.91 Å². The molecule has 114 valence electrons. The van der Waals surface area contributed by atoms with Crippen molar-refractivity contribution < 1.29 is 9.18 Å². The number of carbonyl (C=O) groups is 1. The maximum atomic E-state index is 14.4. The summed E-state index contributed by atoms with van der Waals surface area (Å²) in [6, 6.07) is 3.31. The predicted molar refractivity (Wildman–Crippen MR) is 83.1 cm³/mol. The van der Waals surface area contributed by atoms with Gasteiger partial charge in [-0.2, -0.15) is 0 Å². The lowest BCUT2D eigenvalue weighted by Crippen LogP contribution is -2.20. The van der Waals surface area contributed by atoms with E-state index in [9.17, 15) is 9.18 Å². The van der Waals surface area contributed by atoms with Crippen LogP contribution in [0.5, 0.6) is 0 Å². The summed E-state index contributed by atoms with van der Waals surface area (Å²) in [7, 11) is 0. The number of halogens is 2. The van der Waals surface area contributed by atoms with E-state index in [0.717, 1.165) is 18.4 Å². The van der Waals surface area contributed by atoms with Gasteiger partial charge in [0.15, 0.2) is 0 Å². The zero-order chi connectivity index (χ0) is 14.8. The summed E-state index contributed by atoms with van der Waals surface area (Å²) in [4.78, 5) is 11.4. The zero-order valence-corrected chi connectivity index (χ0v) is 12.9. The third-order valence-electron chi connectivity index (χ3n) is 4.73. The quantitative estimate of drug-likeness (QED) is 0.607. The second-order valence-electron chi connectivity index (χ2n) is 6.23. The molecule has 1 aromatic rings. The van der Waals surface area contributed by atoms with Gasteiger partial charge < -0.3 is 5.32 Å². The van der Waals surface area contributed by atoms with E-state index < -0.39 is 0 Å². The van der Waals surface area contributed by atoms with Crippen molar-refractivity contribution in [1.82, 2.24) is 0 Å². The Hall–Kier alpha value is -1.09. The lowest BCUT2D eigenvalue weighted by molar-refractivity contribution is -0.116. The van der Waals surface area contributed by atoms with Crippen molar-refractivity contribution >= 4 is 23.2 Å². The summed E-state index contributed by atoms with van der Waals surface area (Å²) in [5.41, 5.74) is 2.22. The molecule has 1 atom stereocenters. The first-order chi connectivity index (χ1) is 10.1. The molecule has 1 amide bonds. The summed E-state index contributed by atoms with van der Waals surface area (Å²) in [6.07, 6.45) is 8.21. The van der Waals surface area contributed by atoms with Gasteiger partial charge in [-0.3, -0.25) is 4.79 Å². The van der Waals surface area contributed by atoms with Crippen molar-refractivity contribution in [2.24, 2.45) is 5.92 Å². The Morgan fingerprint density at radius 2 is 1.86 bits per heavy atom. The van der Waals surface area contributed by atoms with Crippen LogP contribution >= 0.6 is 11.6 Å². The van der Waals surface area contributed by atoms with Crippen molar-refractivity contribution in [3.05, 3.63) is 29.1 Å². The van der Waals surface area contributed by atoms with Crippen LogP contribution < -0.4 is 5.32 Å². The van der Waals surface area contributed by atoms with Gasteiger partial charge in [-0.15, -0.1) is 11.6 Å². The topological polar surface area (TPSA) is 29.1 Å². The van der Waals surface area contributed by atoms with Crippen molar-refractivity contribution in [1.29, 1.82) is 0 Å². The number of amides is 1. The van der Waals surface area contributed by atoms with Gasteiger partial charge in [0, 0.05) is 17.7 Å². The van der Waals surface area contributed by atoms with Crippen molar-refractivity contribution in [2.45, 2.75) is 56.7 Å². The fourth-order valence-electron chi connectivity index (χ4n) is 3.49. The molecule has 0 aromatic heterocycles. The number of anilines is 1. The summed E-state index contributed by atoms with van der Waals surface area (Å²) in [5, 5.41) is 2.48. The molecule has 1 unspecified atom stereocenters. The van der Waals surface area contributed by atoms with Crippen molar-refractivity contribution in [3.8, 4) is 0 Å². The monoisotopic (exact) mass is 309 g/mol. The minimum atomic E-state index is -0.291. The smallest absolute Gasteiger partial charge is 0.224 e. The van der Waals surface area contributed by atoms with E-state index in [2.05, 4.69) is 5.32 Å². The Morgan fingerprint density at radius 1 is 1.14 bits per heavy atom. The Kier molecular flexibility index (Phi) is 4.48. The molecule has 21 heavy (non-hydrogen) atoms. The van der Waals surface area contributed by atoms with E-state index >= 15 is 0 Å². The van der Waals surface area contributed by atoms with Crippen LogP contribution in [0, 0.1) is 11.7 Å². The molecule has 0 radical (unpaired) electrons. The van der Waals surface area contributed by atoms with Gasteiger partial charge in [-0.25, -0.2) is 4.39 Å². The molecule has 1 aromatic carbocycles. The molecule has 1 N–H and O–H groups in total. The molecule has 1 aliphatic heterocycles. The van der Waals surface area contributed by atoms with Gasteiger partial charge in [0.05, 0.1) is 5.38 Å². The lowest BCUT2D eigenvalue weighted by atomic mass is 9.89. The van der Waals surface area contributed by atoms with E-state index in [4.69, 9.17) is 11.6 Å². The number of hydrogen-bond donors (Lipinski definition) is 1. The fourth-order valence-corrected chi connectivity index (χ4v) is 3.91. The van der Waals surface area contributed by atoms with E-state index in [0.29, 0.717) is 30.0 Å². The van der Waals surface area contributed by atoms with Gasteiger partial charge >= 0.3 is 0 Å². The number of benzene rings is 1. The highest BCUT2D eigenvalue weighted by Gasteiger charge is 2.26. The third kappa shape index (κ3) is 3.23. The first-order valence-electron chi connectivity index (χ1n) is 7.91. The summed E-state index contributed by atoms with van der Waals surface area (Å²) < 4.78 is 14.4. The Labute approximate surface area is 130 Å². The average molecular weight is 310 g/mol. The van der Waals surface area contributed by atoms with Crippen LogP contribution in [-0.2, 0) is 11.2 Å². The summed E-state index contributed by atoms with van der Waals surface area (Å²) >= 11 is 6.61. The van der Waals surface area contributed by atoms with Crippen LogP contribution in [0.25, 0.3) is 0 Å². The van der Waals surface area contributed by atoms with E-state index in [1.807, 2.05) is 6.07 Å². The van der Waals surface area contributed by atoms with E-state index in [1.54, 1.807) is 0 Å². The number of fused-ring (bicyclic) bond motifs is 1. The second kappa shape index (κ2) is 6.35. The molecule has 1 aliphatic carbocycles. The number of aryl methyl sites for hydroxylation is 1. The highest BCUT2D eigenvalue weighted by Crippen LogP contribution is 2.40. The molecule has 0 spiro atoms. The molecule has 1 fully saturated rings. The largest absolute Gasteiger partial charge is 0.326 e. The molecule has 2 aliphatic rings. The molecule has 4 heteroatoms. The number of alkyl halides is 1. The normalized spacial score (nSPS) is 21.3. The third-order valence-corrected chi connectivity index (χ3v) is 5.32. The van der Waals surface area contributed by atoms with Crippen LogP contribution in [0.15, 0.2) is 12.1 Å². The van der Waals surface area contributed by atoms with Crippen LogP contribution in [0.4, 0.5) is 10.1 Å². The van der Waals surface area contributed by atoms with Gasteiger partial charge in [0.1, 0.15) is 5.82 Å². The second-order valence-corrected chi connectivity index (χ2v) is 6.70. The molecule has 1 heterocycles. The first-order valence-corrected chi connectivity index (χ1v) is 8.35. The SMILES string of the molecule is O=C1CCc2cc(C(Cl)C3CCCCCC3)c(F)cc2N1. The number of rotatable bonds is 2. The maximum Gasteiger partial charge on any atom is 0.224 e. The fraction of sp³-hybridized carbons (Fsp3) is 0.588. The van der Waals surface area contributed by atoms with Gasteiger partial charge in [-0.1, -0.05) is 25.7 Å². The Bertz CT molecular complexity index is 538. The Morgan fingerprint density at radius 3 is 2.57 bits per heavy atom. The molecule has 0 saturated heterocycles. The molecule has 0 bridgehead atoms. The highest BCUT2D eigenvalue weighted by atomic mass is 35.5. The Balaban J connectivity index is 1.85. The van der Waals surface area contributed by atoms with Gasteiger partial charge in [-0.05, 0) is 42.9 Å². The van der Waals surface area contributed by atoms with Crippen LogP contribution in [0.3, 0.4) is 0 Å². The zero-order valence-electron chi connectivity index (χ0n) is 12.1. The van der Waals surface area contributed by atoms with E-state index in [-0.39, 0.29) is 17.1 Å². The highest BCUT2D eigenvalue weighted by molar-refractivity contribution is 6.21. The first kappa shape index (κ1) is 14.8. The molecule has 1 saturated carbocycles. The van der Waals surface area contributed by atoms with Crippen molar-refractivity contribution in [2.75, 3.05) is 5.32 Å². The van der Waals surface area contributed by atoms with Crippen LogP contribution in [0.1, 0.15) is 61.4 Å². The minimum absolute atomic E-state index is 0.0409. The van der Waals surface area contributed by atoms with E-state index in [1.165, 1.54) is 31.7 Å². The minimum Gasteiger partial charge on any atom is -0.326 e. The van der Waals surface area contributed by atoms with Gasteiger partial charge in [0.2, 0.25) is 5.91 Å². The van der Waals surface area contributed by atoms with Crippen LogP contribution in [0.2, 0.25) is 0 Å². The standard InChI is InChI=1S/C17H21ClFNO/c18-17(11-5-3-1-2-4-6-11)13-9-12-7-8-16(21)20-15(12)10-14(13)19/h9-11,17H,1-8H2,(H,20,21). The average Bonchev–Trinajstić information content (AvgIpc) is 2.74. The number of carbonyl (C=O) groups excluding carboxylic acids is 1. The maximum absolute atomic E-state index is 14.4. The summed E-state index contributed by atoms with van der Waals surface area (Å²) in [6.45, 7) is 0. The summed E-state index contributed by atoms with van der Waals surface area (Å²) in [5.74, 6) is 0.0286. The number of nitrogens with one attached hydrogen (secondary N) is 1. The molecular weight excluding hydrogens is 289 g/mol. The van der Waals surface area contributed by atoms with Gasteiger partial charge in [0.25, 0.3) is 0 Å². The predicted octanol–water partition coefficient (Wildman–Crippen LogP) is 4.96. The number of hydrogen-bond acceptors (Lipinski definition) is 1. The van der Waals surface area contributed by atoms with Crippen molar-refractivity contribution in [3.63, 3.8) is 0 Å². The molecular formula is C17H21ClFNO. The molecule has 3 rings (SSSR count). The molecule has 2 nitrogen and oxygen atoms in total. The lowest BCUT2D eigenvalue weighted by Gasteiger charge is -2.24.